The molecule has 0 unspecified atom stereocenters. The van der Waals surface area contributed by atoms with Gasteiger partial charge in [0.1, 0.15) is 6.04 Å². The summed E-state index contributed by atoms with van der Waals surface area (Å²) in [4.78, 5) is 34.1. The third-order valence-electron chi connectivity index (χ3n) is 2.96. The number of hydrogen-bond donors (Lipinski definition) is 2. The van der Waals surface area contributed by atoms with E-state index in [0.29, 0.717) is 0 Å². The number of carbonyl (C=O) groups is 3. The molecule has 0 bridgehead atoms. The van der Waals surface area contributed by atoms with Gasteiger partial charge in [0.15, 0.2) is 0 Å². The largest absolute Gasteiger partial charge is 0.480 e. The summed E-state index contributed by atoms with van der Waals surface area (Å²) in [5, 5.41) is 11.1. The summed E-state index contributed by atoms with van der Waals surface area (Å²) in [7, 11) is 0. The average Bonchev–Trinajstić information content (AvgIpc) is 2.46. The van der Waals surface area contributed by atoms with Crippen LogP contribution in [0.3, 0.4) is 0 Å². The summed E-state index contributed by atoms with van der Waals surface area (Å²) < 4.78 is 41.9. The lowest BCUT2D eigenvalue weighted by atomic mass is 10.1. The summed E-state index contributed by atoms with van der Waals surface area (Å²) in [6, 6.07) is 2.45. The molecule has 1 aromatic carbocycles. The lowest BCUT2D eigenvalue weighted by Gasteiger charge is -2.14. The highest BCUT2D eigenvalue weighted by Crippen LogP contribution is 2.29. The molecule has 0 heterocycles. The number of amides is 1. The maximum atomic E-state index is 12.4. The number of hydrogen-bond acceptors (Lipinski definition) is 4. The second-order valence-corrected chi connectivity index (χ2v) is 4.84. The normalized spacial score (nSPS) is 12.3. The van der Waals surface area contributed by atoms with Crippen molar-refractivity contribution in [3.63, 3.8) is 0 Å². The molecule has 0 spiro atoms. The van der Waals surface area contributed by atoms with Gasteiger partial charge >= 0.3 is 18.1 Å². The molecule has 1 rings (SSSR count). The number of carboxylic acids is 1. The van der Waals surface area contributed by atoms with E-state index in [0.717, 1.165) is 24.3 Å². The first-order valence-electron chi connectivity index (χ1n) is 6.97. The summed E-state index contributed by atoms with van der Waals surface area (Å²) in [5.74, 6) is -2.92. The van der Waals surface area contributed by atoms with Crippen molar-refractivity contribution in [2.24, 2.45) is 0 Å². The van der Waals surface area contributed by atoms with Crippen molar-refractivity contribution in [2.75, 3.05) is 6.61 Å². The molecule has 0 saturated heterocycles. The fourth-order valence-electron chi connectivity index (χ4n) is 1.83. The second-order valence-electron chi connectivity index (χ2n) is 4.84. The minimum Gasteiger partial charge on any atom is -0.480 e. The Morgan fingerprint density at radius 1 is 1.21 bits per heavy atom. The van der Waals surface area contributed by atoms with E-state index in [-0.39, 0.29) is 18.6 Å². The van der Waals surface area contributed by atoms with Crippen molar-refractivity contribution < 1.29 is 37.4 Å². The summed E-state index contributed by atoms with van der Waals surface area (Å²) in [6.45, 7) is 1.63. The Bertz CT molecular complexity index is 598. The highest BCUT2D eigenvalue weighted by atomic mass is 19.4. The summed E-state index contributed by atoms with van der Waals surface area (Å²) in [5.41, 5.74) is -0.571. The SMILES string of the molecule is CCOC(=O)C[C@H](NC(=O)Cc1ccc(C(F)(F)F)cc1)C(=O)O. The highest BCUT2D eigenvalue weighted by Gasteiger charge is 2.30. The molecule has 9 heteroatoms. The first kappa shape index (κ1) is 19.5. The second kappa shape index (κ2) is 8.32. The van der Waals surface area contributed by atoms with E-state index in [1.165, 1.54) is 0 Å². The molecule has 1 atom stereocenters. The Balaban J connectivity index is 2.66. The van der Waals surface area contributed by atoms with E-state index in [9.17, 15) is 27.6 Å². The number of alkyl halides is 3. The van der Waals surface area contributed by atoms with Crippen LogP contribution in [-0.2, 0) is 31.7 Å². The zero-order chi connectivity index (χ0) is 18.3. The van der Waals surface area contributed by atoms with Crippen molar-refractivity contribution in [3.05, 3.63) is 35.4 Å². The number of benzene rings is 1. The smallest absolute Gasteiger partial charge is 0.416 e. The van der Waals surface area contributed by atoms with Gasteiger partial charge in [-0.15, -0.1) is 0 Å². The molecule has 0 aliphatic carbocycles. The zero-order valence-electron chi connectivity index (χ0n) is 12.7. The van der Waals surface area contributed by atoms with Gasteiger partial charge < -0.3 is 15.2 Å². The lowest BCUT2D eigenvalue weighted by Crippen LogP contribution is -2.43. The van der Waals surface area contributed by atoms with Crippen LogP contribution >= 0.6 is 0 Å². The van der Waals surface area contributed by atoms with Crippen LogP contribution < -0.4 is 5.32 Å². The Morgan fingerprint density at radius 2 is 1.79 bits per heavy atom. The monoisotopic (exact) mass is 347 g/mol. The van der Waals surface area contributed by atoms with E-state index in [1.54, 1.807) is 6.92 Å². The van der Waals surface area contributed by atoms with Crippen LogP contribution in [0.1, 0.15) is 24.5 Å². The average molecular weight is 347 g/mol. The highest BCUT2D eigenvalue weighted by molar-refractivity contribution is 5.88. The number of carboxylic acid groups (broad SMARTS) is 1. The minimum atomic E-state index is -4.48. The molecule has 0 aliphatic rings. The van der Waals surface area contributed by atoms with Crippen molar-refractivity contribution in [3.8, 4) is 0 Å². The lowest BCUT2D eigenvalue weighted by molar-refractivity contribution is -0.150. The molecule has 0 aromatic heterocycles. The van der Waals surface area contributed by atoms with E-state index in [1.807, 2.05) is 0 Å². The van der Waals surface area contributed by atoms with E-state index in [4.69, 9.17) is 5.11 Å². The van der Waals surface area contributed by atoms with Gasteiger partial charge in [0.2, 0.25) is 5.91 Å². The Labute approximate surface area is 135 Å². The number of carbonyl (C=O) groups excluding carboxylic acids is 2. The van der Waals surface area contributed by atoms with Crippen LogP contribution in [0.2, 0.25) is 0 Å². The van der Waals surface area contributed by atoms with E-state index < -0.39 is 42.0 Å². The van der Waals surface area contributed by atoms with Gasteiger partial charge in [0, 0.05) is 0 Å². The molecule has 1 amide bonds. The third-order valence-corrected chi connectivity index (χ3v) is 2.96. The third kappa shape index (κ3) is 6.27. The van der Waals surface area contributed by atoms with Crippen LogP contribution in [0.5, 0.6) is 0 Å². The van der Waals surface area contributed by atoms with Gasteiger partial charge in [-0.25, -0.2) is 4.79 Å². The van der Waals surface area contributed by atoms with Crippen molar-refractivity contribution in [1.82, 2.24) is 5.32 Å². The topological polar surface area (TPSA) is 92.7 Å². The molecule has 1 aromatic rings. The van der Waals surface area contributed by atoms with Gasteiger partial charge in [-0.2, -0.15) is 13.2 Å². The molecular weight excluding hydrogens is 331 g/mol. The van der Waals surface area contributed by atoms with Gasteiger partial charge in [-0.3, -0.25) is 9.59 Å². The zero-order valence-corrected chi connectivity index (χ0v) is 12.7. The predicted molar refractivity (Wildman–Crippen MR) is 76.0 cm³/mol. The van der Waals surface area contributed by atoms with E-state index >= 15 is 0 Å². The molecule has 0 radical (unpaired) electrons. The van der Waals surface area contributed by atoms with Gasteiger partial charge in [-0.05, 0) is 24.6 Å². The number of halogens is 3. The molecule has 2 N–H and O–H groups in total. The van der Waals surface area contributed by atoms with Crippen molar-refractivity contribution in [1.29, 1.82) is 0 Å². The molecule has 24 heavy (non-hydrogen) atoms. The summed E-state index contributed by atoms with van der Waals surface area (Å²) >= 11 is 0. The molecule has 0 saturated carbocycles. The molecule has 0 fully saturated rings. The number of aliphatic carboxylic acids is 1. The van der Waals surface area contributed by atoms with Gasteiger partial charge in [0.25, 0.3) is 0 Å². The quantitative estimate of drug-likeness (QED) is 0.734. The maximum absolute atomic E-state index is 12.4. The number of nitrogens with one attached hydrogen (secondary N) is 1. The number of esters is 1. The van der Waals surface area contributed by atoms with Crippen LogP contribution in [0.25, 0.3) is 0 Å². The van der Waals surface area contributed by atoms with Crippen LogP contribution in [0.4, 0.5) is 13.2 Å². The van der Waals surface area contributed by atoms with Crippen molar-refractivity contribution in [2.45, 2.75) is 32.0 Å². The van der Waals surface area contributed by atoms with Crippen LogP contribution in [0.15, 0.2) is 24.3 Å². The Morgan fingerprint density at radius 3 is 2.25 bits per heavy atom. The molecule has 132 valence electrons. The fraction of sp³-hybridized carbons (Fsp3) is 0.400. The molecular formula is C15H16F3NO5. The summed E-state index contributed by atoms with van der Waals surface area (Å²) in [6.07, 6.45) is -5.33. The van der Waals surface area contributed by atoms with Crippen molar-refractivity contribution >= 4 is 17.8 Å². The standard InChI is InChI=1S/C15H16F3NO5/c1-2-24-13(21)8-11(14(22)23)19-12(20)7-9-3-5-10(6-4-9)15(16,17)18/h3-6,11H,2,7-8H2,1H3,(H,19,20)(H,22,23)/t11-/m0/s1. The molecule has 0 aliphatic heterocycles. The maximum Gasteiger partial charge on any atom is 0.416 e. The van der Waals surface area contributed by atoms with E-state index in [2.05, 4.69) is 10.1 Å². The number of rotatable bonds is 7. The Hall–Kier alpha value is -2.58. The van der Waals surface area contributed by atoms with Gasteiger partial charge in [0.05, 0.1) is 25.0 Å². The minimum absolute atomic E-state index is 0.0741. The fourth-order valence-corrected chi connectivity index (χ4v) is 1.83. The van der Waals surface area contributed by atoms with Gasteiger partial charge in [-0.1, -0.05) is 12.1 Å². The Kier molecular flexibility index (Phi) is 6.75. The van der Waals surface area contributed by atoms with Crippen LogP contribution in [-0.4, -0.2) is 35.6 Å². The molecule has 6 nitrogen and oxygen atoms in total. The van der Waals surface area contributed by atoms with Crippen LogP contribution in [0, 0.1) is 0 Å². The first-order chi connectivity index (χ1) is 11.1. The predicted octanol–water partition coefficient (Wildman–Crippen LogP) is 1.77. The number of ether oxygens (including phenoxy) is 1. The first-order valence-corrected chi connectivity index (χ1v) is 6.97.